The van der Waals surface area contributed by atoms with Gasteiger partial charge in [0.25, 0.3) is 0 Å². The third kappa shape index (κ3) is 4.54. The van der Waals surface area contributed by atoms with Crippen molar-refractivity contribution < 1.29 is 18.0 Å². The molecule has 8 heteroatoms. The van der Waals surface area contributed by atoms with Crippen molar-refractivity contribution in [2.75, 3.05) is 22.5 Å². The van der Waals surface area contributed by atoms with Crippen molar-refractivity contribution >= 4 is 44.6 Å². The average molecular weight is 421 g/mol. The molecule has 2 amide bonds. The lowest BCUT2D eigenvalue weighted by Crippen LogP contribution is -2.33. The minimum Gasteiger partial charge on any atom is -0.325 e. The molecule has 1 aliphatic rings. The van der Waals surface area contributed by atoms with E-state index >= 15 is 0 Å². The van der Waals surface area contributed by atoms with Crippen LogP contribution >= 0.6 is 11.6 Å². The van der Waals surface area contributed by atoms with Crippen molar-refractivity contribution in [3.63, 3.8) is 0 Å². The number of sulfone groups is 1. The molecule has 0 fully saturated rings. The van der Waals surface area contributed by atoms with Crippen molar-refractivity contribution in [1.82, 2.24) is 0 Å². The van der Waals surface area contributed by atoms with Crippen LogP contribution in [-0.2, 0) is 25.8 Å². The minimum atomic E-state index is -3.63. The normalized spacial score (nSPS) is 13.7. The first-order valence-corrected chi connectivity index (χ1v) is 11.0. The van der Waals surface area contributed by atoms with Gasteiger partial charge in [0.1, 0.15) is 0 Å². The molecular formula is C20H21ClN2O4S. The minimum absolute atomic E-state index is 0.0622. The molecule has 1 heterocycles. The van der Waals surface area contributed by atoms with Crippen LogP contribution in [0.1, 0.15) is 25.3 Å². The average Bonchev–Trinajstić information content (AvgIpc) is 2.67. The topological polar surface area (TPSA) is 83.6 Å². The van der Waals surface area contributed by atoms with Gasteiger partial charge in [-0.15, -0.1) is 0 Å². The molecule has 0 saturated heterocycles. The molecule has 0 bridgehead atoms. The summed E-state index contributed by atoms with van der Waals surface area (Å²) in [6.07, 6.45) is 1.33. The molecule has 0 aliphatic carbocycles. The number of fused-ring (bicyclic) bond motifs is 1. The Labute approximate surface area is 169 Å². The second-order valence-corrected chi connectivity index (χ2v) is 9.18. The van der Waals surface area contributed by atoms with Crippen molar-refractivity contribution in [3.8, 4) is 0 Å². The van der Waals surface area contributed by atoms with Gasteiger partial charge in [-0.3, -0.25) is 9.59 Å². The number of anilines is 2. The van der Waals surface area contributed by atoms with E-state index in [1.807, 2.05) is 0 Å². The number of para-hydroxylation sites is 1. The molecule has 28 heavy (non-hydrogen) atoms. The number of amides is 2. The zero-order valence-electron chi connectivity index (χ0n) is 15.4. The second kappa shape index (κ2) is 8.32. The summed E-state index contributed by atoms with van der Waals surface area (Å²) in [4.78, 5) is 25.7. The maximum atomic E-state index is 12.7. The Morgan fingerprint density at radius 2 is 1.93 bits per heavy atom. The van der Waals surface area contributed by atoms with Crippen LogP contribution in [0.15, 0.2) is 47.4 Å². The molecule has 0 radical (unpaired) electrons. The van der Waals surface area contributed by atoms with E-state index in [2.05, 4.69) is 5.32 Å². The van der Waals surface area contributed by atoms with Gasteiger partial charge in [-0.2, -0.15) is 0 Å². The standard InChI is InChI=1S/C20H21ClN2O4S/c1-14(24)23-11-4-5-15-13-16(8-9-19(15)23)28(26,27)12-10-20(25)22-18-7-3-2-6-17(18)21/h2-3,6-9,13H,4-5,10-12H2,1H3,(H,22,25). The van der Waals surface area contributed by atoms with Crippen LogP contribution in [-0.4, -0.2) is 32.5 Å². The number of hydrogen-bond donors (Lipinski definition) is 1. The predicted octanol–water partition coefficient (Wildman–Crippen LogP) is 3.44. The van der Waals surface area contributed by atoms with E-state index in [0.29, 0.717) is 17.3 Å². The Balaban J connectivity index is 1.70. The summed E-state index contributed by atoms with van der Waals surface area (Å²) in [6, 6.07) is 11.6. The van der Waals surface area contributed by atoms with E-state index in [1.54, 1.807) is 41.3 Å². The van der Waals surface area contributed by atoms with Gasteiger partial charge in [-0.1, -0.05) is 23.7 Å². The van der Waals surface area contributed by atoms with E-state index < -0.39 is 15.7 Å². The van der Waals surface area contributed by atoms with Crippen LogP contribution in [0.5, 0.6) is 0 Å². The lowest BCUT2D eigenvalue weighted by Gasteiger charge is -2.28. The lowest BCUT2D eigenvalue weighted by molar-refractivity contribution is -0.117. The molecule has 0 aromatic heterocycles. The predicted molar refractivity (Wildman–Crippen MR) is 110 cm³/mol. The van der Waals surface area contributed by atoms with Gasteiger partial charge in [0.15, 0.2) is 9.84 Å². The first-order chi connectivity index (χ1) is 13.3. The van der Waals surface area contributed by atoms with Gasteiger partial charge in [0, 0.05) is 25.6 Å². The highest BCUT2D eigenvalue weighted by molar-refractivity contribution is 7.91. The van der Waals surface area contributed by atoms with Crippen LogP contribution in [0.4, 0.5) is 11.4 Å². The number of nitrogens with one attached hydrogen (secondary N) is 1. The number of hydrogen-bond acceptors (Lipinski definition) is 4. The van der Waals surface area contributed by atoms with Crippen LogP contribution in [0.3, 0.4) is 0 Å². The molecule has 0 unspecified atom stereocenters. The quantitative estimate of drug-likeness (QED) is 0.803. The Hall–Kier alpha value is -2.38. The summed E-state index contributed by atoms with van der Waals surface area (Å²) in [5, 5.41) is 3.02. The van der Waals surface area contributed by atoms with Gasteiger partial charge in [0.2, 0.25) is 11.8 Å². The highest BCUT2D eigenvalue weighted by atomic mass is 35.5. The van der Waals surface area contributed by atoms with Gasteiger partial charge in [-0.25, -0.2) is 8.42 Å². The fourth-order valence-electron chi connectivity index (χ4n) is 3.21. The molecule has 1 N–H and O–H groups in total. The summed E-state index contributed by atoms with van der Waals surface area (Å²) in [7, 11) is -3.63. The highest BCUT2D eigenvalue weighted by Crippen LogP contribution is 2.30. The summed E-state index contributed by atoms with van der Waals surface area (Å²) in [6.45, 7) is 2.13. The lowest BCUT2D eigenvalue weighted by atomic mass is 10.0. The molecule has 2 aromatic rings. The third-order valence-electron chi connectivity index (χ3n) is 4.65. The van der Waals surface area contributed by atoms with Crippen LogP contribution in [0.25, 0.3) is 0 Å². The molecule has 0 atom stereocenters. The van der Waals surface area contributed by atoms with E-state index in [9.17, 15) is 18.0 Å². The van der Waals surface area contributed by atoms with E-state index in [4.69, 9.17) is 11.6 Å². The van der Waals surface area contributed by atoms with E-state index in [0.717, 1.165) is 24.1 Å². The van der Waals surface area contributed by atoms with Gasteiger partial charge >= 0.3 is 0 Å². The molecule has 0 spiro atoms. The molecular weight excluding hydrogens is 400 g/mol. The Bertz CT molecular complexity index is 1020. The smallest absolute Gasteiger partial charge is 0.225 e. The molecule has 148 valence electrons. The Kier molecular flexibility index (Phi) is 6.05. The number of nitrogens with zero attached hydrogens (tertiary/aromatic N) is 1. The molecule has 1 aliphatic heterocycles. The van der Waals surface area contributed by atoms with Gasteiger partial charge in [0.05, 0.1) is 21.4 Å². The fraction of sp³-hybridized carbons (Fsp3) is 0.300. The zero-order chi connectivity index (χ0) is 20.3. The van der Waals surface area contributed by atoms with E-state index in [1.165, 1.54) is 13.0 Å². The Morgan fingerprint density at radius 1 is 1.18 bits per heavy atom. The molecule has 2 aromatic carbocycles. The van der Waals surface area contributed by atoms with Crippen LogP contribution < -0.4 is 10.2 Å². The number of benzene rings is 2. The van der Waals surface area contributed by atoms with Crippen LogP contribution in [0, 0.1) is 0 Å². The number of carbonyl (C=O) groups is 2. The molecule has 6 nitrogen and oxygen atoms in total. The molecule has 0 saturated carbocycles. The monoisotopic (exact) mass is 420 g/mol. The molecule has 3 rings (SSSR count). The largest absolute Gasteiger partial charge is 0.325 e. The second-order valence-electron chi connectivity index (χ2n) is 6.66. The van der Waals surface area contributed by atoms with Crippen molar-refractivity contribution in [2.45, 2.75) is 31.1 Å². The zero-order valence-corrected chi connectivity index (χ0v) is 17.0. The van der Waals surface area contributed by atoms with E-state index in [-0.39, 0.29) is 23.0 Å². The van der Waals surface area contributed by atoms with Gasteiger partial charge in [-0.05, 0) is 48.7 Å². The van der Waals surface area contributed by atoms with Crippen molar-refractivity contribution in [1.29, 1.82) is 0 Å². The number of halogens is 1. The fourth-order valence-corrected chi connectivity index (χ4v) is 4.68. The maximum Gasteiger partial charge on any atom is 0.225 e. The maximum absolute atomic E-state index is 12.7. The van der Waals surface area contributed by atoms with Gasteiger partial charge < -0.3 is 10.2 Å². The Morgan fingerprint density at radius 3 is 2.64 bits per heavy atom. The first-order valence-electron chi connectivity index (χ1n) is 8.96. The van der Waals surface area contributed by atoms with Crippen molar-refractivity contribution in [2.24, 2.45) is 0 Å². The summed E-state index contributed by atoms with van der Waals surface area (Å²) in [5.41, 5.74) is 2.04. The van der Waals surface area contributed by atoms with Crippen molar-refractivity contribution in [3.05, 3.63) is 53.1 Å². The third-order valence-corrected chi connectivity index (χ3v) is 6.70. The number of aryl methyl sites for hydroxylation is 1. The number of rotatable bonds is 5. The first kappa shape index (κ1) is 20.4. The van der Waals surface area contributed by atoms with Crippen LogP contribution in [0.2, 0.25) is 5.02 Å². The highest BCUT2D eigenvalue weighted by Gasteiger charge is 2.23. The SMILES string of the molecule is CC(=O)N1CCCc2cc(S(=O)(=O)CCC(=O)Nc3ccccc3Cl)ccc21. The number of carbonyl (C=O) groups excluding carboxylic acids is 2. The summed E-state index contributed by atoms with van der Waals surface area (Å²) in [5.74, 6) is -0.788. The summed E-state index contributed by atoms with van der Waals surface area (Å²) < 4.78 is 25.3. The summed E-state index contributed by atoms with van der Waals surface area (Å²) >= 11 is 5.99.